The van der Waals surface area contributed by atoms with Crippen molar-refractivity contribution < 1.29 is 32.1 Å². The summed E-state index contributed by atoms with van der Waals surface area (Å²) in [6.07, 6.45) is 0.568. The largest absolute Gasteiger partial charge is 0.494 e. The molecule has 3 rings (SSSR count). The second-order valence-corrected chi connectivity index (χ2v) is 9.08. The van der Waals surface area contributed by atoms with Crippen LogP contribution in [0.1, 0.15) is 47.1 Å². The van der Waals surface area contributed by atoms with Crippen molar-refractivity contribution in [3.05, 3.63) is 64.2 Å². The van der Waals surface area contributed by atoms with Crippen molar-refractivity contribution in [2.45, 2.75) is 56.7 Å². The molecule has 1 aliphatic rings. The standard InChI is InChI=1S/C24H30F3NO4P/c25-24(26,27)21-14-18(10-11-23(28,15-29)16-32-33-30)7-9-22(21)31-12-2-3-17-6-8-19-4-1-5-20(19)13-17/h6-9,13-14,29,33H,1-5,10-12,15-16,28H2/q+1. The van der Waals surface area contributed by atoms with Gasteiger partial charge in [0.25, 0.3) is 0 Å². The maximum absolute atomic E-state index is 13.6. The van der Waals surface area contributed by atoms with Gasteiger partial charge < -0.3 is 15.6 Å². The van der Waals surface area contributed by atoms with Gasteiger partial charge in [-0.3, -0.25) is 0 Å². The van der Waals surface area contributed by atoms with Crippen LogP contribution in [0.5, 0.6) is 5.75 Å². The SMILES string of the molecule is NC(CO)(CCc1ccc(OCCCc2ccc3c(c2)CCC3)c(C(F)(F)F)c1)CO[PH+]=O. The van der Waals surface area contributed by atoms with Gasteiger partial charge in [0.1, 0.15) is 12.4 Å². The molecule has 0 radical (unpaired) electrons. The number of hydrogen-bond donors (Lipinski definition) is 2. The lowest BCUT2D eigenvalue weighted by molar-refractivity contribution is -0.139. The number of hydrogen-bond acceptors (Lipinski definition) is 5. The predicted octanol–water partition coefficient (Wildman–Crippen LogP) is 4.78. The quantitative estimate of drug-likeness (QED) is 0.335. The minimum absolute atomic E-state index is 0.150. The molecule has 0 fully saturated rings. The number of aliphatic hydroxyl groups is 1. The molecule has 0 aliphatic heterocycles. The molecule has 2 aromatic rings. The molecule has 3 N–H and O–H groups in total. The Labute approximate surface area is 193 Å². The van der Waals surface area contributed by atoms with Crippen LogP contribution in [0.15, 0.2) is 36.4 Å². The Kier molecular flexibility index (Phi) is 8.88. The van der Waals surface area contributed by atoms with Crippen LogP contribution in [0.2, 0.25) is 0 Å². The molecule has 0 saturated carbocycles. The number of nitrogens with two attached hydrogens (primary N) is 1. The lowest BCUT2D eigenvalue weighted by Gasteiger charge is -2.24. The molecule has 33 heavy (non-hydrogen) atoms. The molecule has 2 atom stereocenters. The molecule has 2 unspecified atom stereocenters. The Morgan fingerprint density at radius 1 is 1.03 bits per heavy atom. The van der Waals surface area contributed by atoms with Crippen LogP contribution in [-0.4, -0.2) is 30.5 Å². The van der Waals surface area contributed by atoms with E-state index in [1.165, 1.54) is 29.2 Å². The molecule has 0 spiro atoms. The van der Waals surface area contributed by atoms with E-state index in [4.69, 9.17) is 15.0 Å². The third-order valence-corrected chi connectivity index (χ3v) is 6.29. The van der Waals surface area contributed by atoms with Gasteiger partial charge in [-0.1, -0.05) is 24.3 Å². The van der Waals surface area contributed by atoms with Gasteiger partial charge in [0.2, 0.25) is 0 Å². The lowest BCUT2D eigenvalue weighted by atomic mass is 9.93. The van der Waals surface area contributed by atoms with E-state index in [2.05, 4.69) is 18.2 Å². The highest BCUT2D eigenvalue weighted by atomic mass is 31.1. The summed E-state index contributed by atoms with van der Waals surface area (Å²) < 4.78 is 61.7. The summed E-state index contributed by atoms with van der Waals surface area (Å²) in [6, 6.07) is 10.4. The van der Waals surface area contributed by atoms with Crippen molar-refractivity contribution >= 4 is 8.69 Å². The number of rotatable bonds is 12. The van der Waals surface area contributed by atoms with E-state index >= 15 is 0 Å². The fraction of sp³-hybridized carbons (Fsp3) is 0.500. The molecular formula is C24H30F3NO4P+. The first-order valence-electron chi connectivity index (χ1n) is 11.1. The van der Waals surface area contributed by atoms with E-state index in [1.54, 1.807) is 6.07 Å². The summed E-state index contributed by atoms with van der Waals surface area (Å²) >= 11 is 0. The summed E-state index contributed by atoms with van der Waals surface area (Å²) in [6.45, 7) is -0.402. The summed E-state index contributed by atoms with van der Waals surface area (Å²) in [7, 11) is -1.02. The molecule has 0 bridgehead atoms. The van der Waals surface area contributed by atoms with Gasteiger partial charge >= 0.3 is 14.9 Å². The first-order chi connectivity index (χ1) is 15.7. The Bertz CT molecular complexity index is 954. The van der Waals surface area contributed by atoms with Crippen molar-refractivity contribution in [2.24, 2.45) is 5.73 Å². The third-order valence-electron chi connectivity index (χ3n) is 6.02. The fourth-order valence-corrected chi connectivity index (χ4v) is 4.43. The van der Waals surface area contributed by atoms with Gasteiger partial charge in [-0.05, 0) is 83.9 Å². The topological polar surface area (TPSA) is 81.8 Å². The highest BCUT2D eigenvalue weighted by molar-refractivity contribution is 7.17. The van der Waals surface area contributed by atoms with Crippen molar-refractivity contribution in [3.63, 3.8) is 0 Å². The number of ether oxygens (including phenoxy) is 1. The molecule has 0 saturated heterocycles. The maximum Gasteiger partial charge on any atom is 0.494 e. The Balaban J connectivity index is 1.59. The Hall–Kier alpha value is -1.99. The minimum atomic E-state index is -4.56. The van der Waals surface area contributed by atoms with Crippen molar-refractivity contribution in [1.82, 2.24) is 0 Å². The van der Waals surface area contributed by atoms with Crippen molar-refractivity contribution in [2.75, 3.05) is 19.8 Å². The van der Waals surface area contributed by atoms with Gasteiger partial charge in [0.15, 0.2) is 0 Å². The smallest absolute Gasteiger partial charge is 0.493 e. The lowest BCUT2D eigenvalue weighted by Crippen LogP contribution is -2.47. The molecule has 2 aromatic carbocycles. The van der Waals surface area contributed by atoms with E-state index in [0.29, 0.717) is 12.0 Å². The third kappa shape index (κ3) is 7.24. The molecular weight excluding hydrogens is 454 g/mol. The zero-order valence-electron chi connectivity index (χ0n) is 18.4. The predicted molar refractivity (Wildman–Crippen MR) is 121 cm³/mol. The highest BCUT2D eigenvalue weighted by Gasteiger charge is 2.35. The minimum Gasteiger partial charge on any atom is -0.493 e. The summed E-state index contributed by atoms with van der Waals surface area (Å²) in [4.78, 5) is 0. The van der Waals surface area contributed by atoms with E-state index in [-0.39, 0.29) is 31.8 Å². The first-order valence-corrected chi connectivity index (χ1v) is 11.9. The summed E-state index contributed by atoms with van der Waals surface area (Å²) in [5.41, 5.74) is 8.35. The number of benzene rings is 2. The highest BCUT2D eigenvalue weighted by Crippen LogP contribution is 2.37. The molecule has 0 heterocycles. The molecule has 0 aromatic heterocycles. The van der Waals surface area contributed by atoms with Gasteiger partial charge in [-0.25, -0.2) is 0 Å². The molecule has 9 heteroatoms. The molecule has 0 amide bonds. The van der Waals surface area contributed by atoms with E-state index in [9.17, 15) is 22.8 Å². The fourth-order valence-electron chi connectivity index (χ4n) is 4.08. The number of aliphatic hydroxyl groups excluding tert-OH is 1. The van der Waals surface area contributed by atoms with Crippen LogP contribution < -0.4 is 10.5 Å². The van der Waals surface area contributed by atoms with Crippen molar-refractivity contribution in [1.29, 1.82) is 0 Å². The number of aryl methyl sites for hydroxylation is 4. The number of halogens is 3. The van der Waals surface area contributed by atoms with Gasteiger partial charge in [-0.2, -0.15) is 13.2 Å². The van der Waals surface area contributed by atoms with Crippen LogP contribution >= 0.6 is 8.69 Å². The maximum atomic E-state index is 13.6. The molecule has 5 nitrogen and oxygen atoms in total. The monoisotopic (exact) mass is 484 g/mol. The van der Waals surface area contributed by atoms with Crippen LogP contribution in [0.4, 0.5) is 13.2 Å². The number of fused-ring (bicyclic) bond motifs is 1. The van der Waals surface area contributed by atoms with Gasteiger partial charge in [-0.15, -0.1) is 4.52 Å². The molecule has 1 aliphatic carbocycles. The normalized spacial score (nSPS) is 15.4. The van der Waals surface area contributed by atoms with Crippen LogP contribution in [-0.2, 0) is 40.9 Å². The second kappa shape index (κ2) is 11.4. The van der Waals surface area contributed by atoms with E-state index in [1.807, 2.05) is 0 Å². The molecule has 180 valence electrons. The van der Waals surface area contributed by atoms with Crippen LogP contribution in [0.3, 0.4) is 0 Å². The van der Waals surface area contributed by atoms with Crippen molar-refractivity contribution in [3.8, 4) is 5.75 Å². The number of alkyl halides is 3. The Morgan fingerprint density at radius 2 is 1.76 bits per heavy atom. The van der Waals surface area contributed by atoms with Crippen LogP contribution in [0, 0.1) is 0 Å². The van der Waals surface area contributed by atoms with Gasteiger partial charge in [0, 0.05) is 0 Å². The zero-order valence-corrected chi connectivity index (χ0v) is 19.4. The van der Waals surface area contributed by atoms with E-state index < -0.39 is 32.6 Å². The van der Waals surface area contributed by atoms with E-state index in [0.717, 1.165) is 25.3 Å². The Morgan fingerprint density at radius 3 is 2.48 bits per heavy atom. The first kappa shape index (κ1) is 25.6. The van der Waals surface area contributed by atoms with Crippen LogP contribution in [0.25, 0.3) is 0 Å². The second-order valence-electron chi connectivity index (χ2n) is 8.63. The summed E-state index contributed by atoms with van der Waals surface area (Å²) in [5, 5.41) is 9.46. The van der Waals surface area contributed by atoms with Gasteiger partial charge in [0.05, 0.1) is 24.3 Å². The summed E-state index contributed by atoms with van der Waals surface area (Å²) in [5.74, 6) is -0.197. The zero-order chi connectivity index (χ0) is 23.9. The average molecular weight is 484 g/mol. The average Bonchev–Trinajstić information content (AvgIpc) is 3.27.